The summed E-state index contributed by atoms with van der Waals surface area (Å²) in [6.07, 6.45) is 0.567. The maximum absolute atomic E-state index is 12.7. The highest BCUT2D eigenvalue weighted by molar-refractivity contribution is 6.02. The molecule has 2 aromatic carbocycles. The number of nitrogens with zero attached hydrogens (tertiary/aromatic N) is 2. The molecule has 0 aliphatic carbocycles. The molecule has 2 heterocycles. The Morgan fingerprint density at radius 1 is 0.852 bits per heavy atom. The van der Waals surface area contributed by atoms with E-state index < -0.39 is 0 Å². The minimum Gasteiger partial charge on any atom is -0.327 e. The van der Waals surface area contributed by atoms with E-state index in [1.165, 1.54) is 4.90 Å². The van der Waals surface area contributed by atoms with Crippen LogP contribution in [0.1, 0.15) is 30.0 Å². The molecule has 2 aromatic rings. The third-order valence-electron chi connectivity index (χ3n) is 5.14. The number of hydrogen-bond donors (Lipinski definition) is 1. The Morgan fingerprint density at radius 2 is 1.33 bits per heavy atom. The average molecular weight is 363 g/mol. The number of rotatable bonds is 4. The van der Waals surface area contributed by atoms with Gasteiger partial charge in [0.05, 0.1) is 12.1 Å². The number of amides is 4. The van der Waals surface area contributed by atoms with Crippen LogP contribution in [-0.2, 0) is 9.59 Å². The molecular weight excluding hydrogens is 342 g/mol. The van der Waals surface area contributed by atoms with Crippen LogP contribution in [0, 0.1) is 0 Å². The van der Waals surface area contributed by atoms with E-state index in [9.17, 15) is 14.4 Å². The highest BCUT2D eigenvalue weighted by Crippen LogP contribution is 2.25. The molecule has 0 unspecified atom stereocenters. The monoisotopic (exact) mass is 363 g/mol. The van der Waals surface area contributed by atoms with Gasteiger partial charge in [0.2, 0.25) is 11.8 Å². The molecule has 0 radical (unpaired) electrons. The van der Waals surface area contributed by atoms with Gasteiger partial charge in [-0.25, -0.2) is 4.79 Å². The molecule has 2 fully saturated rings. The lowest BCUT2D eigenvalue weighted by Gasteiger charge is -2.43. The van der Waals surface area contributed by atoms with Gasteiger partial charge in [-0.1, -0.05) is 60.7 Å². The number of imide groups is 1. The van der Waals surface area contributed by atoms with Gasteiger partial charge in [-0.2, -0.15) is 0 Å². The number of likely N-dealkylation sites (tertiary alicyclic amines) is 2. The third kappa shape index (κ3) is 3.43. The zero-order valence-electron chi connectivity index (χ0n) is 14.9. The summed E-state index contributed by atoms with van der Waals surface area (Å²) in [7, 11) is 0. The van der Waals surface area contributed by atoms with E-state index in [1.54, 1.807) is 4.90 Å². The molecule has 4 amide bonds. The van der Waals surface area contributed by atoms with Crippen molar-refractivity contribution in [2.75, 3.05) is 13.1 Å². The minimum atomic E-state index is -0.256. The van der Waals surface area contributed by atoms with Crippen molar-refractivity contribution in [3.05, 3.63) is 71.8 Å². The molecule has 0 saturated carbocycles. The maximum atomic E-state index is 12.7. The van der Waals surface area contributed by atoms with Gasteiger partial charge in [0.15, 0.2) is 0 Å². The van der Waals surface area contributed by atoms with Crippen LogP contribution in [0.5, 0.6) is 0 Å². The molecule has 6 nitrogen and oxygen atoms in total. The van der Waals surface area contributed by atoms with E-state index in [2.05, 4.69) is 5.32 Å². The lowest BCUT2D eigenvalue weighted by atomic mass is 9.98. The first-order chi connectivity index (χ1) is 13.1. The minimum absolute atomic E-state index is 0.128. The van der Waals surface area contributed by atoms with Crippen LogP contribution in [-0.4, -0.2) is 46.8 Å². The summed E-state index contributed by atoms with van der Waals surface area (Å²) in [5.41, 5.74) is 2.00. The van der Waals surface area contributed by atoms with E-state index in [4.69, 9.17) is 0 Å². The lowest BCUT2D eigenvalue weighted by Crippen LogP contribution is -2.64. The van der Waals surface area contributed by atoms with Crippen LogP contribution in [0.25, 0.3) is 0 Å². The topological polar surface area (TPSA) is 69.7 Å². The van der Waals surface area contributed by atoms with Crippen molar-refractivity contribution in [1.82, 2.24) is 15.1 Å². The Balaban J connectivity index is 1.44. The first-order valence-electron chi connectivity index (χ1n) is 9.13. The van der Waals surface area contributed by atoms with Gasteiger partial charge in [0.1, 0.15) is 0 Å². The van der Waals surface area contributed by atoms with Crippen molar-refractivity contribution in [1.29, 1.82) is 0 Å². The second kappa shape index (κ2) is 7.23. The third-order valence-corrected chi connectivity index (χ3v) is 5.14. The Labute approximate surface area is 157 Å². The van der Waals surface area contributed by atoms with E-state index >= 15 is 0 Å². The Morgan fingerprint density at radius 3 is 1.81 bits per heavy atom. The largest absolute Gasteiger partial charge is 0.327 e. The van der Waals surface area contributed by atoms with E-state index in [0.717, 1.165) is 11.1 Å². The number of urea groups is 1. The van der Waals surface area contributed by atoms with Crippen molar-refractivity contribution in [2.24, 2.45) is 0 Å². The zero-order chi connectivity index (χ0) is 18.8. The fraction of sp³-hybridized carbons (Fsp3) is 0.286. The Kier molecular flexibility index (Phi) is 4.62. The van der Waals surface area contributed by atoms with E-state index in [0.29, 0.717) is 13.1 Å². The van der Waals surface area contributed by atoms with E-state index in [-0.39, 0.29) is 42.8 Å². The van der Waals surface area contributed by atoms with Crippen LogP contribution in [0.15, 0.2) is 60.7 Å². The molecule has 0 bridgehead atoms. The van der Waals surface area contributed by atoms with Gasteiger partial charge in [-0.15, -0.1) is 0 Å². The molecule has 27 heavy (non-hydrogen) atoms. The maximum Gasteiger partial charge on any atom is 0.318 e. The summed E-state index contributed by atoms with van der Waals surface area (Å²) in [6.45, 7) is 0.777. The molecule has 2 aliphatic rings. The number of hydrogen-bond acceptors (Lipinski definition) is 3. The molecule has 138 valence electrons. The summed E-state index contributed by atoms with van der Waals surface area (Å²) in [4.78, 5) is 39.4. The molecule has 2 saturated heterocycles. The quantitative estimate of drug-likeness (QED) is 0.848. The molecule has 1 N–H and O–H groups in total. The number of nitrogens with one attached hydrogen (secondary N) is 1. The highest BCUT2D eigenvalue weighted by Gasteiger charge is 2.43. The second-order valence-electron chi connectivity index (χ2n) is 6.92. The van der Waals surface area contributed by atoms with Gasteiger partial charge in [-0.3, -0.25) is 14.5 Å². The highest BCUT2D eigenvalue weighted by atomic mass is 16.2. The molecule has 2 aliphatic heterocycles. The van der Waals surface area contributed by atoms with Crippen molar-refractivity contribution in [2.45, 2.75) is 24.9 Å². The molecule has 6 heteroatoms. The molecular formula is C21H21N3O3. The molecule has 0 atom stereocenters. The van der Waals surface area contributed by atoms with Crippen LogP contribution < -0.4 is 5.32 Å². The predicted octanol–water partition coefficient (Wildman–Crippen LogP) is 2.32. The first-order valence-corrected chi connectivity index (χ1v) is 9.13. The SMILES string of the molecule is O=C(NC(c1ccccc1)c1ccccc1)N1CC(N2C(=O)CCC2=O)C1. The van der Waals surface area contributed by atoms with Crippen molar-refractivity contribution in [3.63, 3.8) is 0 Å². The number of carbonyl (C=O) groups excluding carboxylic acids is 3. The second-order valence-corrected chi connectivity index (χ2v) is 6.92. The van der Waals surface area contributed by atoms with E-state index in [1.807, 2.05) is 60.7 Å². The lowest BCUT2D eigenvalue weighted by molar-refractivity contribution is -0.144. The summed E-state index contributed by atoms with van der Waals surface area (Å²) in [6, 6.07) is 19.0. The normalized spacial score (nSPS) is 17.4. The smallest absolute Gasteiger partial charge is 0.318 e. The molecule has 0 aromatic heterocycles. The molecule has 4 rings (SSSR count). The van der Waals surface area contributed by atoms with Gasteiger partial charge in [0, 0.05) is 25.9 Å². The van der Waals surface area contributed by atoms with Crippen molar-refractivity contribution >= 4 is 17.8 Å². The van der Waals surface area contributed by atoms with Crippen molar-refractivity contribution in [3.8, 4) is 0 Å². The first kappa shape index (κ1) is 17.3. The summed E-state index contributed by atoms with van der Waals surface area (Å²) in [5.74, 6) is -0.256. The standard InChI is InChI=1S/C21H21N3O3/c25-18-11-12-19(26)24(18)17-13-23(14-17)21(27)22-20(15-7-3-1-4-8-15)16-9-5-2-6-10-16/h1-10,17,20H,11-14H2,(H,22,27). The average Bonchev–Trinajstić information content (AvgIpc) is 2.99. The van der Waals surface area contributed by atoms with Crippen LogP contribution in [0.4, 0.5) is 4.79 Å². The summed E-state index contributed by atoms with van der Waals surface area (Å²) >= 11 is 0. The van der Waals surface area contributed by atoms with Crippen molar-refractivity contribution < 1.29 is 14.4 Å². The zero-order valence-corrected chi connectivity index (χ0v) is 14.9. The van der Waals surface area contributed by atoms with Gasteiger partial charge >= 0.3 is 6.03 Å². The van der Waals surface area contributed by atoms with Gasteiger partial charge in [-0.05, 0) is 11.1 Å². The summed E-state index contributed by atoms with van der Waals surface area (Å²) < 4.78 is 0. The van der Waals surface area contributed by atoms with Crippen LogP contribution >= 0.6 is 0 Å². The summed E-state index contributed by atoms with van der Waals surface area (Å²) in [5, 5.41) is 3.08. The number of carbonyl (C=O) groups is 3. The van der Waals surface area contributed by atoms with Gasteiger partial charge in [0.25, 0.3) is 0 Å². The number of benzene rings is 2. The van der Waals surface area contributed by atoms with Gasteiger partial charge < -0.3 is 10.2 Å². The fourth-order valence-corrected chi connectivity index (χ4v) is 3.65. The van der Waals surface area contributed by atoms with Crippen LogP contribution in [0.2, 0.25) is 0 Å². The van der Waals surface area contributed by atoms with Crippen LogP contribution in [0.3, 0.4) is 0 Å². The fourth-order valence-electron chi connectivity index (χ4n) is 3.65. The predicted molar refractivity (Wildman–Crippen MR) is 99.7 cm³/mol. The molecule has 0 spiro atoms. The Bertz CT molecular complexity index is 792. The Hall–Kier alpha value is -3.15.